The van der Waals surface area contributed by atoms with E-state index < -0.39 is 17.9 Å². The molecular formula is C31H34N2O6. The number of anilines is 1. The highest BCUT2D eigenvalue weighted by Gasteiger charge is 2.48. The van der Waals surface area contributed by atoms with Crippen molar-refractivity contribution >= 4 is 17.6 Å². The number of hydrogen-bond donors (Lipinski definition) is 1. The molecule has 0 bridgehead atoms. The second-order valence-corrected chi connectivity index (χ2v) is 9.97. The molecule has 1 fully saturated rings. The van der Waals surface area contributed by atoms with Gasteiger partial charge in [-0.1, -0.05) is 49.7 Å². The van der Waals surface area contributed by atoms with E-state index in [0.29, 0.717) is 30.3 Å². The topological polar surface area (TPSA) is 88.5 Å². The molecule has 8 heteroatoms. The number of likely N-dealkylation sites (tertiary alicyclic amines) is 1. The van der Waals surface area contributed by atoms with Crippen molar-refractivity contribution in [2.75, 3.05) is 38.4 Å². The molecule has 39 heavy (non-hydrogen) atoms. The third-order valence-corrected chi connectivity index (χ3v) is 7.61. The average molecular weight is 531 g/mol. The second kappa shape index (κ2) is 11.8. The van der Waals surface area contributed by atoms with Crippen molar-refractivity contribution in [1.82, 2.24) is 4.90 Å². The molecule has 1 N–H and O–H groups in total. The Balaban J connectivity index is 1.50. The van der Waals surface area contributed by atoms with Gasteiger partial charge in [0.1, 0.15) is 5.75 Å². The van der Waals surface area contributed by atoms with Crippen LogP contribution in [0.4, 0.5) is 5.69 Å². The number of carbonyl (C=O) groups excluding carboxylic acids is 1. The van der Waals surface area contributed by atoms with Gasteiger partial charge >= 0.3 is 5.97 Å². The molecular weight excluding hydrogens is 496 g/mol. The van der Waals surface area contributed by atoms with Gasteiger partial charge in [0.05, 0.1) is 19.6 Å². The summed E-state index contributed by atoms with van der Waals surface area (Å²) < 4.78 is 16.4. The van der Waals surface area contributed by atoms with Crippen LogP contribution in [0.1, 0.15) is 42.9 Å². The zero-order valence-electron chi connectivity index (χ0n) is 22.3. The molecule has 2 aliphatic heterocycles. The van der Waals surface area contributed by atoms with Crippen LogP contribution in [0.25, 0.3) is 0 Å². The lowest BCUT2D eigenvalue weighted by Crippen LogP contribution is -2.41. The number of benzene rings is 3. The maximum atomic E-state index is 13.8. The zero-order valence-corrected chi connectivity index (χ0v) is 22.3. The van der Waals surface area contributed by atoms with Crippen molar-refractivity contribution in [2.24, 2.45) is 5.92 Å². The van der Waals surface area contributed by atoms with Gasteiger partial charge in [-0.3, -0.25) is 14.5 Å². The van der Waals surface area contributed by atoms with E-state index in [2.05, 4.69) is 6.92 Å². The number of carboxylic acids is 1. The first-order chi connectivity index (χ1) is 19.0. The SMILES string of the molecule is CCCCN(C(=O)CN1C[C@@H](c2ccc3c(c2)OCO3)[C@H](C(=O)O)[C@H]1c1ccc(OC)cc1)c1ccccc1. The fourth-order valence-corrected chi connectivity index (χ4v) is 5.65. The van der Waals surface area contributed by atoms with Crippen molar-refractivity contribution in [3.8, 4) is 17.2 Å². The van der Waals surface area contributed by atoms with E-state index in [1.807, 2.05) is 82.6 Å². The molecule has 3 aromatic carbocycles. The van der Waals surface area contributed by atoms with Gasteiger partial charge in [0.2, 0.25) is 12.7 Å². The molecule has 0 saturated carbocycles. The van der Waals surface area contributed by atoms with Crippen molar-refractivity contribution in [2.45, 2.75) is 31.7 Å². The lowest BCUT2D eigenvalue weighted by Gasteiger charge is -2.30. The average Bonchev–Trinajstić information content (AvgIpc) is 3.58. The number of ether oxygens (including phenoxy) is 3. The molecule has 2 heterocycles. The summed E-state index contributed by atoms with van der Waals surface area (Å²) in [6.45, 7) is 3.36. The largest absolute Gasteiger partial charge is 0.497 e. The summed E-state index contributed by atoms with van der Waals surface area (Å²) in [7, 11) is 1.60. The number of unbranched alkanes of at least 4 members (excludes halogenated alkanes) is 1. The van der Waals surface area contributed by atoms with Crippen molar-refractivity contribution in [3.05, 3.63) is 83.9 Å². The molecule has 5 rings (SSSR count). The van der Waals surface area contributed by atoms with Gasteiger partial charge in [0.15, 0.2) is 11.5 Å². The Bertz CT molecular complexity index is 1300. The van der Waals surface area contributed by atoms with Crippen molar-refractivity contribution < 1.29 is 28.9 Å². The molecule has 0 spiro atoms. The Labute approximate surface area is 228 Å². The lowest BCUT2D eigenvalue weighted by molar-refractivity contribution is -0.143. The van der Waals surface area contributed by atoms with E-state index in [9.17, 15) is 14.7 Å². The van der Waals surface area contributed by atoms with Crippen molar-refractivity contribution in [1.29, 1.82) is 0 Å². The van der Waals surface area contributed by atoms with E-state index in [1.165, 1.54) is 0 Å². The third-order valence-electron chi connectivity index (χ3n) is 7.61. The number of amides is 1. The van der Waals surface area contributed by atoms with Gasteiger partial charge < -0.3 is 24.2 Å². The molecule has 204 valence electrons. The molecule has 0 aromatic heterocycles. The molecule has 1 amide bonds. The normalized spacial score (nSPS) is 20.1. The molecule has 3 aromatic rings. The number of aliphatic carboxylic acids is 1. The quantitative estimate of drug-likeness (QED) is 0.390. The molecule has 0 radical (unpaired) electrons. The van der Waals surface area contributed by atoms with Gasteiger partial charge in [0, 0.05) is 30.7 Å². The summed E-state index contributed by atoms with van der Waals surface area (Å²) in [5.74, 6) is -0.125. The first-order valence-corrected chi connectivity index (χ1v) is 13.4. The second-order valence-electron chi connectivity index (χ2n) is 9.97. The van der Waals surface area contributed by atoms with Crippen LogP contribution in [-0.4, -0.2) is 55.4 Å². The van der Waals surface area contributed by atoms with Gasteiger partial charge in [-0.15, -0.1) is 0 Å². The Hall–Kier alpha value is -4.04. The van der Waals surface area contributed by atoms with Crippen LogP contribution < -0.4 is 19.1 Å². The van der Waals surface area contributed by atoms with E-state index in [0.717, 1.165) is 29.7 Å². The van der Waals surface area contributed by atoms with Crippen LogP contribution in [-0.2, 0) is 9.59 Å². The van der Waals surface area contributed by atoms with Gasteiger partial charge in [-0.25, -0.2) is 0 Å². The molecule has 2 aliphatic rings. The summed E-state index contributed by atoms with van der Waals surface area (Å²) in [5, 5.41) is 10.5. The predicted molar refractivity (Wildman–Crippen MR) is 147 cm³/mol. The van der Waals surface area contributed by atoms with Crippen LogP contribution in [0.15, 0.2) is 72.8 Å². The zero-order chi connectivity index (χ0) is 27.4. The molecule has 0 aliphatic carbocycles. The minimum absolute atomic E-state index is 0.0522. The number of nitrogens with zero attached hydrogens (tertiary/aromatic N) is 2. The van der Waals surface area contributed by atoms with Crippen LogP contribution in [0.3, 0.4) is 0 Å². The minimum atomic E-state index is -0.903. The Kier molecular flexibility index (Phi) is 8.02. The number of fused-ring (bicyclic) bond motifs is 1. The van der Waals surface area contributed by atoms with E-state index >= 15 is 0 Å². The van der Waals surface area contributed by atoms with Crippen molar-refractivity contribution in [3.63, 3.8) is 0 Å². The Morgan fingerprint density at radius 3 is 2.41 bits per heavy atom. The third kappa shape index (κ3) is 5.56. The number of hydrogen-bond acceptors (Lipinski definition) is 6. The van der Waals surface area contributed by atoms with Gasteiger partial charge in [0.25, 0.3) is 0 Å². The monoisotopic (exact) mass is 530 g/mol. The fraction of sp³-hybridized carbons (Fsp3) is 0.355. The lowest BCUT2D eigenvalue weighted by atomic mass is 9.82. The number of para-hydroxylation sites is 1. The predicted octanol–water partition coefficient (Wildman–Crippen LogP) is 5.10. The van der Waals surface area contributed by atoms with E-state index in [1.54, 1.807) is 7.11 Å². The van der Waals surface area contributed by atoms with E-state index in [-0.39, 0.29) is 25.2 Å². The van der Waals surface area contributed by atoms with Crippen LogP contribution in [0, 0.1) is 5.92 Å². The summed E-state index contributed by atoms with van der Waals surface area (Å²) >= 11 is 0. The summed E-state index contributed by atoms with van der Waals surface area (Å²) in [5.41, 5.74) is 2.53. The smallest absolute Gasteiger partial charge is 0.309 e. The van der Waals surface area contributed by atoms with Gasteiger partial charge in [-0.05, 0) is 53.9 Å². The first kappa shape index (κ1) is 26.6. The molecule has 8 nitrogen and oxygen atoms in total. The van der Waals surface area contributed by atoms with Crippen LogP contribution in [0.5, 0.6) is 17.2 Å². The van der Waals surface area contributed by atoms with Crippen LogP contribution in [0.2, 0.25) is 0 Å². The number of carbonyl (C=O) groups is 2. The highest BCUT2D eigenvalue weighted by atomic mass is 16.7. The summed E-state index contributed by atoms with van der Waals surface area (Å²) in [4.78, 5) is 30.5. The van der Waals surface area contributed by atoms with Crippen LogP contribution >= 0.6 is 0 Å². The first-order valence-electron chi connectivity index (χ1n) is 13.4. The van der Waals surface area contributed by atoms with Gasteiger partial charge in [-0.2, -0.15) is 0 Å². The molecule has 1 saturated heterocycles. The minimum Gasteiger partial charge on any atom is -0.497 e. The highest BCUT2D eigenvalue weighted by Crippen LogP contribution is 2.47. The molecule has 0 unspecified atom stereocenters. The number of carboxylic acid groups (broad SMARTS) is 1. The Morgan fingerprint density at radius 1 is 1.00 bits per heavy atom. The summed E-state index contributed by atoms with van der Waals surface area (Å²) in [6.07, 6.45) is 1.84. The maximum absolute atomic E-state index is 13.8. The number of rotatable bonds is 10. The standard InChI is InChI=1S/C31H34N2O6/c1-3-4-16-33(23-8-6-5-7-9-23)28(34)19-32-18-25(22-12-15-26-27(17-22)39-20-38-26)29(31(35)36)30(32)21-10-13-24(37-2)14-11-21/h5-15,17,25,29-30H,3-4,16,18-20H2,1-2H3,(H,35,36)/t25-,29-,30+/m0/s1. The summed E-state index contributed by atoms with van der Waals surface area (Å²) in [6, 6.07) is 22.2. The maximum Gasteiger partial charge on any atom is 0.309 e. The number of methoxy groups -OCH3 is 1. The van der Waals surface area contributed by atoms with E-state index in [4.69, 9.17) is 14.2 Å². The highest BCUT2D eigenvalue weighted by molar-refractivity contribution is 5.95. The fourth-order valence-electron chi connectivity index (χ4n) is 5.65. The Morgan fingerprint density at radius 2 is 1.72 bits per heavy atom. The molecule has 3 atom stereocenters.